The Labute approximate surface area is 212 Å². The van der Waals surface area contributed by atoms with Gasteiger partial charge in [-0.3, -0.25) is 9.59 Å². The summed E-state index contributed by atoms with van der Waals surface area (Å²) in [4.78, 5) is 34.5. The Hall–Kier alpha value is -1.54. The van der Waals surface area contributed by atoms with E-state index in [-0.39, 0.29) is 25.0 Å². The number of piperidine rings is 1. The van der Waals surface area contributed by atoms with Gasteiger partial charge in [0.15, 0.2) is 0 Å². The van der Waals surface area contributed by atoms with Crippen LogP contribution in [0.3, 0.4) is 0 Å². The molecule has 2 saturated heterocycles. The van der Waals surface area contributed by atoms with Crippen LogP contribution >= 0.6 is 23.2 Å². The van der Waals surface area contributed by atoms with Crippen molar-refractivity contribution in [2.45, 2.75) is 44.6 Å². The highest BCUT2D eigenvalue weighted by Crippen LogP contribution is 2.53. The maximum Gasteiger partial charge on any atom is 0.245 e. The van der Waals surface area contributed by atoms with Crippen LogP contribution in [0.2, 0.25) is 10.0 Å². The summed E-state index contributed by atoms with van der Waals surface area (Å²) < 4.78 is 0. The Morgan fingerprint density at radius 1 is 1.09 bits per heavy atom. The quantitative estimate of drug-likeness (QED) is 0.581. The summed E-state index contributed by atoms with van der Waals surface area (Å²) in [5.41, 5.74) is 1.54. The molecule has 1 atom stereocenters. The van der Waals surface area contributed by atoms with Crippen molar-refractivity contribution in [2.24, 2.45) is 5.41 Å². The molecule has 34 heavy (non-hydrogen) atoms. The first-order valence-electron chi connectivity index (χ1n) is 12.4. The van der Waals surface area contributed by atoms with E-state index in [1.807, 2.05) is 12.1 Å². The molecular formula is C25H36Cl2N4O3. The van der Waals surface area contributed by atoms with Crippen LogP contribution < -0.4 is 4.90 Å². The molecule has 1 N–H and O–H groups in total. The molecule has 0 unspecified atom stereocenters. The normalized spacial score (nSPS) is 21.5. The topological polar surface area (TPSA) is 67.3 Å². The zero-order valence-electron chi connectivity index (χ0n) is 20.0. The van der Waals surface area contributed by atoms with Crippen molar-refractivity contribution >= 4 is 40.7 Å². The summed E-state index contributed by atoms with van der Waals surface area (Å²) in [6.07, 6.45) is 6.17. The Kier molecular flexibility index (Phi) is 8.28. The number of benzene rings is 1. The lowest BCUT2D eigenvalue weighted by Gasteiger charge is -2.36. The monoisotopic (exact) mass is 510 g/mol. The maximum absolute atomic E-state index is 13.4. The molecule has 2 amide bonds. The Morgan fingerprint density at radius 3 is 2.47 bits per heavy atom. The zero-order valence-corrected chi connectivity index (χ0v) is 21.5. The lowest BCUT2D eigenvalue weighted by molar-refractivity contribution is -0.145. The first-order valence-corrected chi connectivity index (χ1v) is 13.2. The van der Waals surface area contributed by atoms with Gasteiger partial charge in [0.05, 0.1) is 16.7 Å². The molecule has 1 aromatic carbocycles. The van der Waals surface area contributed by atoms with E-state index >= 15 is 0 Å². The van der Waals surface area contributed by atoms with E-state index in [1.54, 1.807) is 22.9 Å². The second-order valence-corrected chi connectivity index (χ2v) is 10.9. The predicted octanol–water partition coefficient (Wildman–Crippen LogP) is 3.12. The van der Waals surface area contributed by atoms with Gasteiger partial charge in [-0.1, -0.05) is 23.2 Å². The van der Waals surface area contributed by atoms with Gasteiger partial charge in [-0.05, 0) is 68.8 Å². The molecule has 188 valence electrons. The van der Waals surface area contributed by atoms with E-state index in [4.69, 9.17) is 23.2 Å². The molecule has 2 heterocycles. The van der Waals surface area contributed by atoms with Gasteiger partial charge in [0, 0.05) is 51.9 Å². The van der Waals surface area contributed by atoms with Crippen molar-refractivity contribution in [2.75, 3.05) is 64.4 Å². The van der Waals surface area contributed by atoms with Crippen molar-refractivity contribution in [3.63, 3.8) is 0 Å². The number of aliphatic hydroxyl groups excluding tert-OH is 1. The highest BCUT2D eigenvalue weighted by atomic mass is 35.5. The van der Waals surface area contributed by atoms with Crippen LogP contribution in [-0.2, 0) is 9.59 Å². The Bertz CT molecular complexity index is 885. The van der Waals surface area contributed by atoms with Crippen molar-refractivity contribution in [1.29, 1.82) is 0 Å². The fourth-order valence-corrected chi connectivity index (χ4v) is 5.56. The van der Waals surface area contributed by atoms with E-state index in [0.717, 1.165) is 25.3 Å². The molecule has 1 spiro atoms. The number of likely N-dealkylation sites (N-methyl/N-ethyl adjacent to an activating group) is 1. The number of likely N-dealkylation sites (tertiary alicyclic amines) is 1. The summed E-state index contributed by atoms with van der Waals surface area (Å²) in [5.74, 6) is -0.102. The van der Waals surface area contributed by atoms with Crippen LogP contribution in [0.1, 0.15) is 38.5 Å². The van der Waals surface area contributed by atoms with E-state index in [9.17, 15) is 14.7 Å². The minimum atomic E-state index is -0.519. The fraction of sp³-hybridized carbons (Fsp3) is 0.680. The van der Waals surface area contributed by atoms with E-state index in [2.05, 4.69) is 9.80 Å². The molecule has 9 heteroatoms. The summed E-state index contributed by atoms with van der Waals surface area (Å²) in [6, 6.07) is 4.99. The number of nitrogens with zero attached hydrogens (tertiary/aromatic N) is 4. The standard InChI is InChI=1S/C25H36Cl2N4O3/c1-28(16-17-32)24(34)22(4-10-29-12-8-25(6-7-25)9-13-29)31-15-14-30(11-5-23(31)33)19-2-3-20(26)21(27)18-19/h2-3,18,22,32H,4-17H2,1H3/t22-/m0/s1. The summed E-state index contributed by atoms with van der Waals surface area (Å²) in [7, 11) is 1.70. The van der Waals surface area contributed by atoms with Gasteiger partial charge in [0.25, 0.3) is 0 Å². The third-order valence-corrected chi connectivity index (χ3v) is 8.60. The lowest BCUT2D eigenvalue weighted by Crippen LogP contribution is -2.52. The number of rotatable bonds is 8. The second kappa shape index (κ2) is 11.0. The number of carbonyl (C=O) groups is 2. The highest BCUT2D eigenvalue weighted by Gasteiger charge is 2.44. The number of carbonyl (C=O) groups excluding carboxylic acids is 2. The number of anilines is 1. The lowest BCUT2D eigenvalue weighted by atomic mass is 9.93. The van der Waals surface area contributed by atoms with Crippen molar-refractivity contribution in [3.05, 3.63) is 28.2 Å². The number of hydrogen-bond donors (Lipinski definition) is 1. The number of halogens is 2. The van der Waals surface area contributed by atoms with Gasteiger partial charge in [-0.25, -0.2) is 0 Å². The molecule has 1 aromatic rings. The zero-order chi connectivity index (χ0) is 24.3. The first kappa shape index (κ1) is 25.5. The molecule has 0 bridgehead atoms. The third kappa shape index (κ3) is 5.99. The maximum atomic E-state index is 13.4. The molecule has 1 saturated carbocycles. The first-order chi connectivity index (χ1) is 16.3. The summed E-state index contributed by atoms with van der Waals surface area (Å²) >= 11 is 12.3. The van der Waals surface area contributed by atoms with Gasteiger partial charge in [0.2, 0.25) is 11.8 Å². The van der Waals surface area contributed by atoms with E-state index in [1.165, 1.54) is 25.7 Å². The largest absolute Gasteiger partial charge is 0.395 e. The molecule has 1 aliphatic carbocycles. The SMILES string of the molecule is CN(CCO)C(=O)[C@H](CCN1CCC2(CC1)CC2)N1CCN(c2ccc(Cl)c(Cl)c2)CCC1=O. The molecule has 2 aliphatic heterocycles. The van der Waals surface area contributed by atoms with Gasteiger partial charge in [-0.15, -0.1) is 0 Å². The van der Waals surface area contributed by atoms with Crippen molar-refractivity contribution in [1.82, 2.24) is 14.7 Å². The Morgan fingerprint density at radius 2 is 1.82 bits per heavy atom. The van der Waals surface area contributed by atoms with Crippen LogP contribution in [-0.4, -0.2) is 97.1 Å². The number of hydrogen-bond acceptors (Lipinski definition) is 5. The van der Waals surface area contributed by atoms with Gasteiger partial charge >= 0.3 is 0 Å². The van der Waals surface area contributed by atoms with Crippen LogP contribution in [0, 0.1) is 5.41 Å². The number of amides is 2. The molecule has 0 radical (unpaired) electrons. The number of aliphatic hydroxyl groups is 1. The minimum absolute atomic E-state index is 0.00566. The smallest absolute Gasteiger partial charge is 0.245 e. The van der Waals surface area contributed by atoms with E-state index < -0.39 is 6.04 Å². The second-order valence-electron chi connectivity index (χ2n) is 10.1. The van der Waals surface area contributed by atoms with E-state index in [0.29, 0.717) is 47.9 Å². The van der Waals surface area contributed by atoms with Crippen molar-refractivity contribution in [3.8, 4) is 0 Å². The molecule has 0 aromatic heterocycles. The molecule has 3 aliphatic rings. The fourth-order valence-electron chi connectivity index (χ4n) is 5.27. The average molecular weight is 511 g/mol. The van der Waals surface area contributed by atoms with Crippen LogP contribution in [0.25, 0.3) is 0 Å². The van der Waals surface area contributed by atoms with Crippen LogP contribution in [0.4, 0.5) is 5.69 Å². The minimum Gasteiger partial charge on any atom is -0.395 e. The summed E-state index contributed by atoms with van der Waals surface area (Å²) in [6.45, 7) is 4.77. The molecule has 7 nitrogen and oxygen atoms in total. The molecular weight excluding hydrogens is 475 g/mol. The highest BCUT2D eigenvalue weighted by molar-refractivity contribution is 6.42. The molecule has 4 rings (SSSR count). The van der Waals surface area contributed by atoms with Crippen molar-refractivity contribution < 1.29 is 14.7 Å². The van der Waals surface area contributed by atoms with Crippen LogP contribution in [0.5, 0.6) is 0 Å². The van der Waals surface area contributed by atoms with Gasteiger partial charge in [0.1, 0.15) is 6.04 Å². The predicted molar refractivity (Wildman–Crippen MR) is 135 cm³/mol. The van der Waals surface area contributed by atoms with Gasteiger partial charge in [-0.2, -0.15) is 0 Å². The molecule has 3 fully saturated rings. The third-order valence-electron chi connectivity index (χ3n) is 7.86. The Balaban J connectivity index is 1.44. The van der Waals surface area contributed by atoms with Gasteiger partial charge < -0.3 is 24.7 Å². The average Bonchev–Trinajstić information content (AvgIpc) is 3.61. The summed E-state index contributed by atoms with van der Waals surface area (Å²) in [5, 5.41) is 10.3. The van der Waals surface area contributed by atoms with Crippen LogP contribution in [0.15, 0.2) is 18.2 Å².